The lowest BCUT2D eigenvalue weighted by Crippen LogP contribution is -2.34. The number of aromatic nitrogens is 2. The van der Waals surface area contributed by atoms with E-state index in [0.29, 0.717) is 25.6 Å². The zero-order valence-corrected chi connectivity index (χ0v) is 16.2. The van der Waals surface area contributed by atoms with Crippen LogP contribution in [0.5, 0.6) is 0 Å². The van der Waals surface area contributed by atoms with Crippen LogP contribution in [0.3, 0.4) is 0 Å². The van der Waals surface area contributed by atoms with Gasteiger partial charge in [0.25, 0.3) is 0 Å². The highest BCUT2D eigenvalue weighted by atomic mass is 32.1. The Kier molecular flexibility index (Phi) is 5.66. The summed E-state index contributed by atoms with van der Waals surface area (Å²) in [6.07, 6.45) is 3.71. The van der Waals surface area contributed by atoms with Crippen LogP contribution in [0.15, 0.2) is 29.9 Å². The fourth-order valence-electron chi connectivity index (χ4n) is 3.09. The highest BCUT2D eigenvalue weighted by molar-refractivity contribution is 7.09. The number of carbonyl (C=O) groups is 2. The second-order valence-electron chi connectivity index (χ2n) is 7.06. The third-order valence-corrected chi connectivity index (χ3v) is 5.72. The second kappa shape index (κ2) is 7.95. The molecular formula is C19H24N4O2S. The molecule has 138 valence electrons. The normalized spacial score (nSPS) is 17.2. The van der Waals surface area contributed by atoms with Crippen molar-refractivity contribution in [2.24, 2.45) is 5.92 Å². The van der Waals surface area contributed by atoms with E-state index in [9.17, 15) is 9.59 Å². The first-order valence-electron chi connectivity index (χ1n) is 8.80. The van der Waals surface area contributed by atoms with Gasteiger partial charge in [0, 0.05) is 50.2 Å². The molecule has 1 atom stereocenters. The lowest BCUT2D eigenvalue weighted by Gasteiger charge is -2.21. The van der Waals surface area contributed by atoms with Crippen LogP contribution in [0.2, 0.25) is 0 Å². The third kappa shape index (κ3) is 4.27. The monoisotopic (exact) mass is 372 g/mol. The van der Waals surface area contributed by atoms with E-state index < -0.39 is 0 Å². The van der Waals surface area contributed by atoms with Crippen LogP contribution in [0.1, 0.15) is 42.5 Å². The van der Waals surface area contributed by atoms with E-state index >= 15 is 0 Å². The molecule has 0 spiro atoms. The molecule has 1 saturated heterocycles. The van der Waals surface area contributed by atoms with Crippen LogP contribution in [0.25, 0.3) is 0 Å². The van der Waals surface area contributed by atoms with Gasteiger partial charge in [-0.1, -0.05) is 13.8 Å². The predicted octanol–water partition coefficient (Wildman–Crippen LogP) is 2.67. The lowest BCUT2D eigenvalue weighted by atomic mass is 10.1. The highest BCUT2D eigenvalue weighted by Crippen LogP contribution is 2.24. The Balaban J connectivity index is 1.58. The van der Waals surface area contributed by atoms with Crippen LogP contribution >= 0.6 is 11.3 Å². The van der Waals surface area contributed by atoms with E-state index in [1.165, 1.54) is 0 Å². The summed E-state index contributed by atoms with van der Waals surface area (Å²) in [4.78, 5) is 37.0. The first-order valence-corrected chi connectivity index (χ1v) is 9.68. The Labute approximate surface area is 157 Å². The van der Waals surface area contributed by atoms with E-state index in [-0.39, 0.29) is 24.2 Å². The van der Waals surface area contributed by atoms with E-state index in [0.717, 1.165) is 16.3 Å². The number of amides is 2. The van der Waals surface area contributed by atoms with Gasteiger partial charge in [0.2, 0.25) is 11.8 Å². The molecule has 1 fully saturated rings. The van der Waals surface area contributed by atoms with Gasteiger partial charge in [0.05, 0.1) is 23.2 Å². The van der Waals surface area contributed by atoms with Gasteiger partial charge < -0.3 is 9.80 Å². The van der Waals surface area contributed by atoms with Crippen molar-refractivity contribution in [3.8, 4) is 0 Å². The van der Waals surface area contributed by atoms with Crippen molar-refractivity contribution < 1.29 is 9.59 Å². The number of hydrogen-bond donors (Lipinski definition) is 0. The Morgan fingerprint density at radius 3 is 2.77 bits per heavy atom. The van der Waals surface area contributed by atoms with Crippen LogP contribution in [-0.4, -0.2) is 45.2 Å². The molecule has 2 aromatic rings. The first kappa shape index (κ1) is 18.5. The van der Waals surface area contributed by atoms with Gasteiger partial charge in [-0.3, -0.25) is 14.6 Å². The summed E-state index contributed by atoms with van der Waals surface area (Å²) in [6.45, 7) is 5.70. The fourth-order valence-corrected chi connectivity index (χ4v) is 3.92. The lowest BCUT2D eigenvalue weighted by molar-refractivity contribution is -0.135. The molecule has 0 aliphatic carbocycles. The topological polar surface area (TPSA) is 66.4 Å². The summed E-state index contributed by atoms with van der Waals surface area (Å²) in [6, 6.07) is 3.78. The summed E-state index contributed by atoms with van der Waals surface area (Å²) >= 11 is 1.63. The number of thiazole rings is 1. The van der Waals surface area contributed by atoms with Crippen LogP contribution in [0.4, 0.5) is 0 Å². The standard InChI is InChI=1S/C19H24N4O2S/c1-13(2)18-21-16(12-26-18)11-22(3)19(25)15-8-17(24)23(10-15)9-14-4-6-20-7-5-14/h4-7,12-13,15H,8-11H2,1-3H3/t15-/m0/s1. The van der Waals surface area contributed by atoms with Crippen molar-refractivity contribution in [2.75, 3.05) is 13.6 Å². The second-order valence-corrected chi connectivity index (χ2v) is 7.95. The van der Waals surface area contributed by atoms with Crippen molar-refractivity contribution in [1.29, 1.82) is 0 Å². The number of nitrogens with zero attached hydrogens (tertiary/aromatic N) is 4. The number of pyridine rings is 1. The number of rotatable bonds is 6. The largest absolute Gasteiger partial charge is 0.340 e. The molecule has 3 heterocycles. The van der Waals surface area contributed by atoms with Crippen molar-refractivity contribution in [3.63, 3.8) is 0 Å². The van der Waals surface area contributed by atoms with Crippen molar-refractivity contribution in [2.45, 2.75) is 39.3 Å². The molecule has 6 nitrogen and oxygen atoms in total. The molecule has 0 aromatic carbocycles. The molecule has 2 aromatic heterocycles. The van der Waals surface area contributed by atoms with Gasteiger partial charge in [-0.2, -0.15) is 0 Å². The Bertz CT molecular complexity index is 775. The van der Waals surface area contributed by atoms with E-state index in [2.05, 4.69) is 23.8 Å². The van der Waals surface area contributed by atoms with E-state index in [1.54, 1.807) is 40.6 Å². The molecule has 26 heavy (non-hydrogen) atoms. The number of hydrogen-bond acceptors (Lipinski definition) is 5. The van der Waals surface area contributed by atoms with Crippen molar-refractivity contribution in [1.82, 2.24) is 19.8 Å². The van der Waals surface area contributed by atoms with Gasteiger partial charge >= 0.3 is 0 Å². The molecule has 3 rings (SSSR count). The third-order valence-electron chi connectivity index (χ3n) is 4.53. The maximum Gasteiger partial charge on any atom is 0.228 e. The molecule has 1 aliphatic heterocycles. The molecule has 0 N–H and O–H groups in total. The minimum Gasteiger partial charge on any atom is -0.340 e. The first-order chi connectivity index (χ1) is 12.4. The van der Waals surface area contributed by atoms with Crippen LogP contribution in [-0.2, 0) is 22.7 Å². The SMILES string of the molecule is CC(C)c1nc(CN(C)C(=O)[C@H]2CC(=O)N(Cc3ccncc3)C2)cs1. The van der Waals surface area contributed by atoms with Crippen molar-refractivity contribution >= 4 is 23.2 Å². The molecule has 7 heteroatoms. The quantitative estimate of drug-likeness (QED) is 0.782. The molecule has 0 bridgehead atoms. The summed E-state index contributed by atoms with van der Waals surface area (Å²) in [5.41, 5.74) is 1.94. The molecule has 0 saturated carbocycles. The van der Waals surface area contributed by atoms with Gasteiger partial charge in [-0.25, -0.2) is 4.98 Å². The zero-order valence-electron chi connectivity index (χ0n) is 15.4. The summed E-state index contributed by atoms with van der Waals surface area (Å²) in [5.74, 6) is 0.153. The maximum absolute atomic E-state index is 12.7. The molecule has 0 unspecified atom stereocenters. The molecular weight excluding hydrogens is 348 g/mol. The Morgan fingerprint density at radius 1 is 1.38 bits per heavy atom. The summed E-state index contributed by atoms with van der Waals surface area (Å²) in [5, 5.41) is 3.09. The minimum absolute atomic E-state index is 0.00896. The van der Waals surface area contributed by atoms with Crippen molar-refractivity contribution in [3.05, 3.63) is 46.2 Å². The molecule has 0 radical (unpaired) electrons. The number of likely N-dealkylation sites (tertiary alicyclic amines) is 1. The number of carbonyl (C=O) groups excluding carboxylic acids is 2. The van der Waals surface area contributed by atoms with Gasteiger partial charge in [-0.05, 0) is 17.7 Å². The highest BCUT2D eigenvalue weighted by Gasteiger charge is 2.35. The van der Waals surface area contributed by atoms with Gasteiger partial charge in [0.1, 0.15) is 0 Å². The van der Waals surface area contributed by atoms with Crippen LogP contribution in [0, 0.1) is 5.92 Å². The smallest absolute Gasteiger partial charge is 0.228 e. The summed E-state index contributed by atoms with van der Waals surface area (Å²) < 4.78 is 0. The van der Waals surface area contributed by atoms with Gasteiger partial charge in [-0.15, -0.1) is 11.3 Å². The summed E-state index contributed by atoms with van der Waals surface area (Å²) in [7, 11) is 1.78. The zero-order chi connectivity index (χ0) is 18.7. The van der Waals surface area contributed by atoms with E-state index in [4.69, 9.17) is 0 Å². The van der Waals surface area contributed by atoms with E-state index in [1.807, 2.05) is 17.5 Å². The molecule has 2 amide bonds. The van der Waals surface area contributed by atoms with Crippen LogP contribution < -0.4 is 0 Å². The molecule has 1 aliphatic rings. The average molecular weight is 372 g/mol. The Morgan fingerprint density at radius 2 is 2.12 bits per heavy atom. The average Bonchev–Trinajstić information content (AvgIpc) is 3.22. The predicted molar refractivity (Wildman–Crippen MR) is 100 cm³/mol. The maximum atomic E-state index is 12.7. The Hall–Kier alpha value is -2.28. The van der Waals surface area contributed by atoms with Gasteiger partial charge in [0.15, 0.2) is 0 Å². The fraction of sp³-hybridized carbons (Fsp3) is 0.474. The minimum atomic E-state index is -0.280.